The molecule has 1 saturated heterocycles. The molecular formula is C15H19N3O4S. The molecule has 0 spiro atoms. The Hall–Kier alpha value is -2.06. The molecule has 3 amide bonds. The van der Waals surface area contributed by atoms with Crippen molar-refractivity contribution in [1.82, 2.24) is 4.90 Å². The third kappa shape index (κ3) is 5.57. The Morgan fingerprint density at radius 3 is 2.57 bits per heavy atom. The molecule has 1 aliphatic heterocycles. The van der Waals surface area contributed by atoms with Crippen LogP contribution in [-0.4, -0.2) is 54.5 Å². The summed E-state index contributed by atoms with van der Waals surface area (Å²) in [5.74, 6) is 0.347. The summed E-state index contributed by atoms with van der Waals surface area (Å²) in [6, 6.07) is 6.87. The van der Waals surface area contributed by atoms with E-state index in [1.54, 1.807) is 29.2 Å². The highest BCUT2D eigenvalue weighted by atomic mass is 32.2. The molecule has 124 valence electrons. The first-order valence-electron chi connectivity index (χ1n) is 7.19. The number of rotatable bonds is 7. The molecule has 0 radical (unpaired) electrons. The number of hydrogen-bond acceptors (Lipinski definition) is 5. The number of hydrogen-bond donors (Lipinski definition) is 2. The fraction of sp³-hybridized carbons (Fsp3) is 0.400. The second-order valence-electron chi connectivity index (χ2n) is 4.96. The largest absolute Gasteiger partial charge is 0.375 e. The minimum Gasteiger partial charge on any atom is -0.375 e. The number of ether oxygens (including phenoxy) is 1. The van der Waals surface area contributed by atoms with Crippen LogP contribution in [0, 0.1) is 0 Å². The van der Waals surface area contributed by atoms with Crippen LogP contribution in [0.4, 0.5) is 16.2 Å². The predicted octanol–water partition coefficient (Wildman–Crippen LogP) is 1.77. The normalized spacial score (nSPS) is 14.0. The topological polar surface area (TPSA) is 87.7 Å². The number of thioether (sulfide) groups is 1. The van der Waals surface area contributed by atoms with E-state index in [0.717, 1.165) is 5.75 Å². The number of nitrogens with one attached hydrogen (secondary N) is 2. The van der Waals surface area contributed by atoms with Gasteiger partial charge in [0.1, 0.15) is 6.61 Å². The summed E-state index contributed by atoms with van der Waals surface area (Å²) < 4.78 is 4.74. The van der Waals surface area contributed by atoms with Crippen LogP contribution in [0.15, 0.2) is 24.3 Å². The molecule has 2 N–H and O–H groups in total. The van der Waals surface area contributed by atoms with Crippen molar-refractivity contribution < 1.29 is 19.1 Å². The van der Waals surface area contributed by atoms with Gasteiger partial charge >= 0.3 is 0 Å². The van der Waals surface area contributed by atoms with Crippen molar-refractivity contribution in [1.29, 1.82) is 0 Å². The van der Waals surface area contributed by atoms with Crippen LogP contribution < -0.4 is 10.6 Å². The molecule has 8 heteroatoms. The number of amides is 3. The van der Waals surface area contributed by atoms with Gasteiger partial charge in [0.15, 0.2) is 0 Å². The lowest BCUT2D eigenvalue weighted by Gasteiger charge is -2.14. The highest BCUT2D eigenvalue weighted by molar-refractivity contribution is 8.13. The zero-order chi connectivity index (χ0) is 16.7. The molecular weight excluding hydrogens is 318 g/mol. The van der Waals surface area contributed by atoms with Gasteiger partial charge in [0.2, 0.25) is 11.8 Å². The summed E-state index contributed by atoms with van der Waals surface area (Å²) in [7, 11) is 1.44. The summed E-state index contributed by atoms with van der Waals surface area (Å²) >= 11 is 1.28. The molecule has 0 bridgehead atoms. The Kier molecular flexibility index (Phi) is 6.42. The maximum absolute atomic E-state index is 11.9. The smallest absolute Gasteiger partial charge is 0.281 e. The van der Waals surface area contributed by atoms with Crippen molar-refractivity contribution in [2.75, 3.05) is 43.2 Å². The lowest BCUT2D eigenvalue weighted by atomic mass is 10.2. The van der Waals surface area contributed by atoms with Gasteiger partial charge in [-0.3, -0.25) is 14.4 Å². The van der Waals surface area contributed by atoms with Crippen LogP contribution in [0.1, 0.15) is 6.42 Å². The first-order chi connectivity index (χ1) is 11.1. The monoisotopic (exact) mass is 337 g/mol. The number of benzene rings is 1. The van der Waals surface area contributed by atoms with E-state index in [1.165, 1.54) is 18.9 Å². The van der Waals surface area contributed by atoms with E-state index in [9.17, 15) is 14.4 Å². The second-order valence-corrected chi connectivity index (χ2v) is 6.01. The molecule has 1 fully saturated rings. The molecule has 1 aliphatic rings. The van der Waals surface area contributed by atoms with E-state index >= 15 is 0 Å². The van der Waals surface area contributed by atoms with Crippen molar-refractivity contribution >= 4 is 40.2 Å². The fourth-order valence-corrected chi connectivity index (χ4v) is 2.94. The first kappa shape index (κ1) is 17.3. The lowest BCUT2D eigenvalue weighted by Crippen LogP contribution is -2.27. The van der Waals surface area contributed by atoms with Gasteiger partial charge in [0, 0.05) is 43.7 Å². The lowest BCUT2D eigenvalue weighted by molar-refractivity contribution is -0.119. The quantitative estimate of drug-likeness (QED) is 0.792. The number of carbonyl (C=O) groups excluding carboxylic acids is 3. The number of methoxy groups -OCH3 is 1. The van der Waals surface area contributed by atoms with E-state index in [0.29, 0.717) is 24.5 Å². The minimum atomic E-state index is -0.263. The highest BCUT2D eigenvalue weighted by Gasteiger charge is 2.21. The van der Waals surface area contributed by atoms with E-state index in [-0.39, 0.29) is 30.1 Å². The molecule has 1 aromatic rings. The Bertz CT molecular complexity index is 594. The summed E-state index contributed by atoms with van der Waals surface area (Å²) in [5, 5.41) is 5.46. The molecule has 0 unspecified atom stereocenters. The molecule has 0 atom stereocenters. The maximum atomic E-state index is 11.9. The van der Waals surface area contributed by atoms with Gasteiger partial charge in [-0.15, -0.1) is 0 Å². The van der Waals surface area contributed by atoms with E-state index in [1.807, 2.05) is 0 Å². The molecule has 0 aliphatic carbocycles. The summed E-state index contributed by atoms with van der Waals surface area (Å²) in [6.45, 7) is 1.08. The van der Waals surface area contributed by atoms with Crippen molar-refractivity contribution in [2.45, 2.75) is 6.42 Å². The zero-order valence-electron chi connectivity index (χ0n) is 12.8. The third-order valence-corrected chi connectivity index (χ3v) is 4.05. The van der Waals surface area contributed by atoms with Crippen LogP contribution in [0.5, 0.6) is 0 Å². The Morgan fingerprint density at radius 2 is 1.96 bits per heavy atom. The van der Waals surface area contributed by atoms with E-state index in [4.69, 9.17) is 4.74 Å². The molecule has 2 rings (SSSR count). The molecule has 7 nitrogen and oxygen atoms in total. The third-order valence-electron chi connectivity index (χ3n) is 3.16. The fourth-order valence-electron chi connectivity index (χ4n) is 2.09. The van der Waals surface area contributed by atoms with Gasteiger partial charge in [-0.25, -0.2) is 0 Å². The molecule has 23 heavy (non-hydrogen) atoms. The Labute approximate surface area is 138 Å². The summed E-state index contributed by atoms with van der Waals surface area (Å²) in [5.41, 5.74) is 1.17. The minimum absolute atomic E-state index is 0.0284. The predicted molar refractivity (Wildman–Crippen MR) is 89.6 cm³/mol. The average Bonchev–Trinajstić information content (AvgIpc) is 2.91. The summed E-state index contributed by atoms with van der Waals surface area (Å²) in [6.07, 6.45) is 0.243. The molecule has 1 aromatic carbocycles. The van der Waals surface area contributed by atoms with Crippen molar-refractivity contribution in [2.24, 2.45) is 0 Å². The summed E-state index contributed by atoms with van der Waals surface area (Å²) in [4.78, 5) is 36.5. The zero-order valence-corrected chi connectivity index (χ0v) is 13.6. The van der Waals surface area contributed by atoms with Crippen molar-refractivity contribution in [3.8, 4) is 0 Å². The molecule has 0 aromatic heterocycles. The highest BCUT2D eigenvalue weighted by Crippen LogP contribution is 2.18. The number of nitrogens with zero attached hydrogens (tertiary/aromatic N) is 1. The molecule has 0 saturated carbocycles. The second kappa shape index (κ2) is 8.54. The Balaban J connectivity index is 1.83. The average molecular weight is 337 g/mol. The van der Waals surface area contributed by atoms with E-state index < -0.39 is 0 Å². The van der Waals surface area contributed by atoms with Crippen LogP contribution in [-0.2, 0) is 14.3 Å². The number of carbonyl (C=O) groups is 3. The van der Waals surface area contributed by atoms with Crippen molar-refractivity contribution in [3.63, 3.8) is 0 Å². The van der Waals surface area contributed by atoms with Crippen LogP contribution in [0.3, 0.4) is 0 Å². The SMILES string of the molecule is COCC(=O)Nc1cccc(NC(=O)CCN2CCSC2=O)c1. The first-order valence-corrected chi connectivity index (χ1v) is 8.17. The van der Waals surface area contributed by atoms with Gasteiger partial charge in [0.25, 0.3) is 5.24 Å². The maximum Gasteiger partial charge on any atom is 0.281 e. The van der Waals surface area contributed by atoms with Crippen LogP contribution in [0.25, 0.3) is 0 Å². The molecule has 1 heterocycles. The van der Waals surface area contributed by atoms with Gasteiger partial charge in [-0.1, -0.05) is 17.8 Å². The van der Waals surface area contributed by atoms with Crippen LogP contribution >= 0.6 is 11.8 Å². The standard InChI is InChI=1S/C15H19N3O4S/c1-22-10-14(20)17-12-4-2-3-11(9-12)16-13(19)5-6-18-7-8-23-15(18)21/h2-4,9H,5-8,10H2,1H3,(H,16,19)(H,17,20). The number of anilines is 2. The van der Waals surface area contributed by atoms with Gasteiger partial charge < -0.3 is 20.3 Å². The van der Waals surface area contributed by atoms with E-state index in [2.05, 4.69) is 10.6 Å². The van der Waals surface area contributed by atoms with Gasteiger partial charge in [0.05, 0.1) is 0 Å². The van der Waals surface area contributed by atoms with Crippen LogP contribution in [0.2, 0.25) is 0 Å². The van der Waals surface area contributed by atoms with Gasteiger partial charge in [-0.2, -0.15) is 0 Å². The van der Waals surface area contributed by atoms with Crippen molar-refractivity contribution in [3.05, 3.63) is 24.3 Å². The Morgan fingerprint density at radius 1 is 1.26 bits per heavy atom. The van der Waals surface area contributed by atoms with Gasteiger partial charge in [-0.05, 0) is 18.2 Å².